The molecule has 2 aromatic rings. The van der Waals surface area contributed by atoms with Crippen molar-refractivity contribution in [1.82, 2.24) is 0 Å². The second-order valence-electron chi connectivity index (χ2n) is 4.82. The minimum Gasteiger partial charge on any atom is -0.495 e. The molecule has 0 aromatic heterocycles. The van der Waals surface area contributed by atoms with E-state index in [2.05, 4.69) is 4.72 Å². The fraction of sp³-hybridized carbons (Fsp3) is 0.200. The fourth-order valence-corrected chi connectivity index (χ4v) is 3.80. The van der Waals surface area contributed by atoms with Crippen LogP contribution in [0.5, 0.6) is 11.5 Å². The molecule has 0 fully saturated rings. The highest BCUT2D eigenvalue weighted by Gasteiger charge is 2.21. The number of hydrogen-bond acceptors (Lipinski definition) is 4. The van der Waals surface area contributed by atoms with E-state index in [0.717, 1.165) is 17.7 Å². The quantitative estimate of drug-likeness (QED) is 0.929. The van der Waals surface area contributed by atoms with Crippen molar-refractivity contribution in [3.05, 3.63) is 47.0 Å². The van der Waals surface area contributed by atoms with E-state index >= 15 is 0 Å². The zero-order valence-corrected chi connectivity index (χ0v) is 13.4. The SMILES string of the molecule is COc1ccc(Cl)cc1S(=O)(=O)Nc1ccc2c(c1)CCO2. The molecular formula is C15H14ClNO4S. The predicted molar refractivity (Wildman–Crippen MR) is 84.5 cm³/mol. The van der Waals surface area contributed by atoms with Gasteiger partial charge in [0.05, 0.1) is 13.7 Å². The summed E-state index contributed by atoms with van der Waals surface area (Å²) in [6, 6.07) is 9.66. The Bertz CT molecular complexity index is 820. The van der Waals surface area contributed by atoms with Gasteiger partial charge in [-0.05, 0) is 42.0 Å². The number of fused-ring (bicyclic) bond motifs is 1. The first-order chi connectivity index (χ1) is 10.5. The van der Waals surface area contributed by atoms with Gasteiger partial charge in [0.15, 0.2) is 0 Å². The average Bonchev–Trinajstić information content (AvgIpc) is 2.94. The molecule has 1 N–H and O–H groups in total. The lowest BCUT2D eigenvalue weighted by Gasteiger charge is -2.12. The summed E-state index contributed by atoms with van der Waals surface area (Å²) in [6.45, 7) is 0.619. The van der Waals surface area contributed by atoms with E-state index in [4.69, 9.17) is 21.1 Å². The van der Waals surface area contributed by atoms with E-state index < -0.39 is 10.0 Å². The molecule has 0 spiro atoms. The summed E-state index contributed by atoms with van der Waals surface area (Å²) in [7, 11) is -2.38. The Hall–Kier alpha value is -1.92. The number of anilines is 1. The molecule has 0 amide bonds. The third-order valence-corrected chi connectivity index (χ3v) is 4.99. The second-order valence-corrected chi connectivity index (χ2v) is 6.91. The second kappa shape index (κ2) is 5.70. The summed E-state index contributed by atoms with van der Waals surface area (Å²) in [5, 5.41) is 0.323. The summed E-state index contributed by atoms with van der Waals surface area (Å²) < 4.78 is 38.2. The van der Waals surface area contributed by atoms with Gasteiger partial charge in [-0.2, -0.15) is 0 Å². The highest BCUT2D eigenvalue weighted by molar-refractivity contribution is 7.92. The van der Waals surface area contributed by atoms with Gasteiger partial charge in [0.25, 0.3) is 10.0 Å². The first-order valence-electron chi connectivity index (χ1n) is 6.62. The van der Waals surface area contributed by atoms with Crippen LogP contribution in [0.1, 0.15) is 5.56 Å². The van der Waals surface area contributed by atoms with Crippen molar-refractivity contribution in [3.8, 4) is 11.5 Å². The summed E-state index contributed by atoms with van der Waals surface area (Å²) in [5.74, 6) is 1.03. The Kier molecular flexibility index (Phi) is 3.88. The molecule has 3 rings (SSSR count). The van der Waals surface area contributed by atoms with Crippen LogP contribution in [0.15, 0.2) is 41.3 Å². The molecule has 1 aliphatic rings. The monoisotopic (exact) mass is 339 g/mol. The van der Waals surface area contributed by atoms with E-state index in [1.807, 2.05) is 0 Å². The predicted octanol–water partition coefficient (Wildman–Crippen LogP) is 3.08. The van der Waals surface area contributed by atoms with Crippen LogP contribution in [0.25, 0.3) is 0 Å². The lowest BCUT2D eigenvalue weighted by atomic mass is 10.1. The van der Waals surface area contributed by atoms with E-state index in [9.17, 15) is 8.42 Å². The molecule has 0 saturated heterocycles. The van der Waals surface area contributed by atoms with Gasteiger partial charge < -0.3 is 9.47 Å². The molecular weight excluding hydrogens is 326 g/mol. The van der Waals surface area contributed by atoms with Gasteiger partial charge in [0, 0.05) is 17.1 Å². The van der Waals surface area contributed by atoms with Gasteiger partial charge in [-0.25, -0.2) is 8.42 Å². The standard InChI is InChI=1S/C15H14ClNO4S/c1-20-14-4-2-11(16)9-15(14)22(18,19)17-12-3-5-13-10(8-12)6-7-21-13/h2-5,8-9,17H,6-7H2,1H3. The minimum atomic E-state index is -3.80. The maximum absolute atomic E-state index is 12.6. The molecule has 0 saturated carbocycles. The Morgan fingerprint density at radius 2 is 2.05 bits per heavy atom. The van der Waals surface area contributed by atoms with Gasteiger partial charge in [0.1, 0.15) is 16.4 Å². The van der Waals surface area contributed by atoms with Crippen molar-refractivity contribution < 1.29 is 17.9 Å². The topological polar surface area (TPSA) is 64.6 Å². The van der Waals surface area contributed by atoms with Crippen LogP contribution in [0, 0.1) is 0 Å². The number of sulfonamides is 1. The van der Waals surface area contributed by atoms with Crippen LogP contribution >= 0.6 is 11.6 Å². The molecule has 1 heterocycles. The van der Waals surface area contributed by atoms with Crippen molar-refractivity contribution in [2.24, 2.45) is 0 Å². The lowest BCUT2D eigenvalue weighted by molar-refractivity contribution is 0.357. The Morgan fingerprint density at radius 3 is 2.82 bits per heavy atom. The summed E-state index contributed by atoms with van der Waals surface area (Å²) >= 11 is 5.90. The van der Waals surface area contributed by atoms with Crippen molar-refractivity contribution in [1.29, 1.82) is 0 Å². The summed E-state index contributed by atoms with van der Waals surface area (Å²) in [6.07, 6.45) is 0.769. The van der Waals surface area contributed by atoms with Gasteiger partial charge in [-0.15, -0.1) is 0 Å². The van der Waals surface area contributed by atoms with Gasteiger partial charge in [0.2, 0.25) is 0 Å². The van der Waals surface area contributed by atoms with Crippen molar-refractivity contribution in [3.63, 3.8) is 0 Å². The van der Waals surface area contributed by atoms with Gasteiger partial charge >= 0.3 is 0 Å². The van der Waals surface area contributed by atoms with E-state index in [0.29, 0.717) is 17.3 Å². The third-order valence-electron chi connectivity index (χ3n) is 3.36. The molecule has 116 valence electrons. The molecule has 0 atom stereocenters. The molecule has 0 unspecified atom stereocenters. The van der Waals surface area contributed by atoms with E-state index in [-0.39, 0.29) is 10.6 Å². The van der Waals surface area contributed by atoms with Gasteiger partial charge in [-0.3, -0.25) is 4.72 Å². The first kappa shape index (κ1) is 15.0. The van der Waals surface area contributed by atoms with Crippen molar-refractivity contribution in [2.75, 3.05) is 18.4 Å². The number of benzene rings is 2. The van der Waals surface area contributed by atoms with Crippen LogP contribution in [0.3, 0.4) is 0 Å². The highest BCUT2D eigenvalue weighted by atomic mass is 35.5. The maximum Gasteiger partial charge on any atom is 0.265 e. The largest absolute Gasteiger partial charge is 0.495 e. The lowest BCUT2D eigenvalue weighted by Crippen LogP contribution is -2.14. The molecule has 2 aromatic carbocycles. The first-order valence-corrected chi connectivity index (χ1v) is 8.48. The molecule has 0 aliphatic carbocycles. The van der Waals surface area contributed by atoms with Crippen molar-refractivity contribution >= 4 is 27.3 Å². The average molecular weight is 340 g/mol. The van der Waals surface area contributed by atoms with Crippen molar-refractivity contribution in [2.45, 2.75) is 11.3 Å². The molecule has 22 heavy (non-hydrogen) atoms. The van der Waals surface area contributed by atoms with E-state index in [1.54, 1.807) is 24.3 Å². The fourth-order valence-electron chi connectivity index (χ4n) is 2.32. The van der Waals surface area contributed by atoms with E-state index in [1.165, 1.54) is 19.2 Å². The molecule has 0 bridgehead atoms. The summed E-state index contributed by atoms with van der Waals surface area (Å²) in [4.78, 5) is -0.000696. The normalized spacial score (nSPS) is 13.4. The van der Waals surface area contributed by atoms with Gasteiger partial charge in [-0.1, -0.05) is 11.6 Å². The number of halogens is 1. The molecule has 0 radical (unpaired) electrons. The minimum absolute atomic E-state index is 0.000696. The Balaban J connectivity index is 1.95. The third kappa shape index (κ3) is 2.84. The van der Waals surface area contributed by atoms with Crippen LogP contribution < -0.4 is 14.2 Å². The number of ether oxygens (including phenoxy) is 2. The summed E-state index contributed by atoms with van der Waals surface area (Å²) in [5.41, 5.74) is 1.46. The smallest absolute Gasteiger partial charge is 0.265 e. The number of rotatable bonds is 4. The molecule has 5 nitrogen and oxygen atoms in total. The van der Waals surface area contributed by atoms with Crippen LogP contribution in [-0.2, 0) is 16.4 Å². The Morgan fingerprint density at radius 1 is 1.23 bits per heavy atom. The van der Waals surface area contributed by atoms with Crippen LogP contribution in [-0.4, -0.2) is 22.1 Å². The number of methoxy groups -OCH3 is 1. The Labute approximate surface area is 133 Å². The molecule has 1 aliphatic heterocycles. The van der Waals surface area contributed by atoms with Crippen LogP contribution in [0.4, 0.5) is 5.69 Å². The zero-order chi connectivity index (χ0) is 15.7. The van der Waals surface area contributed by atoms with Crippen LogP contribution in [0.2, 0.25) is 5.02 Å². The number of hydrogen-bond donors (Lipinski definition) is 1. The zero-order valence-electron chi connectivity index (χ0n) is 11.8. The highest BCUT2D eigenvalue weighted by Crippen LogP contribution is 2.31. The molecule has 7 heteroatoms. The number of nitrogens with one attached hydrogen (secondary N) is 1. The maximum atomic E-state index is 12.6.